The lowest BCUT2D eigenvalue weighted by atomic mass is 10.3. The molecule has 0 unspecified atom stereocenters. The molecule has 0 aliphatic rings. The van der Waals surface area contributed by atoms with E-state index in [2.05, 4.69) is 5.92 Å². The van der Waals surface area contributed by atoms with Crippen LogP contribution in [0.15, 0.2) is 23.1 Å². The summed E-state index contributed by atoms with van der Waals surface area (Å²) in [5, 5.41) is 0. The van der Waals surface area contributed by atoms with Crippen molar-refractivity contribution in [2.24, 2.45) is 0 Å². The van der Waals surface area contributed by atoms with Crippen LogP contribution in [0.25, 0.3) is 0 Å². The van der Waals surface area contributed by atoms with Gasteiger partial charge >= 0.3 is 0 Å². The SMILES string of the molecule is C#CCNS(=O)(=O)c1cc(N)ccc1F. The third-order valence-electron chi connectivity index (χ3n) is 1.61. The molecule has 0 bridgehead atoms. The Morgan fingerprint density at radius 3 is 2.80 bits per heavy atom. The Hall–Kier alpha value is -1.58. The van der Waals surface area contributed by atoms with E-state index in [4.69, 9.17) is 12.2 Å². The Morgan fingerprint density at radius 1 is 1.53 bits per heavy atom. The van der Waals surface area contributed by atoms with Gasteiger partial charge in [0.25, 0.3) is 0 Å². The van der Waals surface area contributed by atoms with E-state index in [1.807, 2.05) is 4.72 Å². The molecule has 1 aromatic carbocycles. The number of hydrogen-bond donors (Lipinski definition) is 2. The Kier molecular flexibility index (Phi) is 3.29. The van der Waals surface area contributed by atoms with Crippen LogP contribution in [-0.2, 0) is 10.0 Å². The monoisotopic (exact) mass is 228 g/mol. The molecule has 0 aromatic heterocycles. The highest BCUT2D eigenvalue weighted by Gasteiger charge is 2.18. The molecule has 0 saturated carbocycles. The third kappa shape index (κ3) is 2.68. The van der Waals surface area contributed by atoms with E-state index in [0.717, 1.165) is 12.1 Å². The molecule has 0 fully saturated rings. The first kappa shape index (κ1) is 11.5. The lowest BCUT2D eigenvalue weighted by molar-refractivity contribution is 0.560. The van der Waals surface area contributed by atoms with Crippen LogP contribution in [0.4, 0.5) is 10.1 Å². The van der Waals surface area contributed by atoms with Crippen LogP contribution in [0.3, 0.4) is 0 Å². The number of benzene rings is 1. The van der Waals surface area contributed by atoms with E-state index in [1.165, 1.54) is 6.07 Å². The topological polar surface area (TPSA) is 72.2 Å². The summed E-state index contributed by atoms with van der Waals surface area (Å²) < 4.78 is 38.1. The highest BCUT2D eigenvalue weighted by atomic mass is 32.2. The van der Waals surface area contributed by atoms with Crippen molar-refractivity contribution in [1.29, 1.82) is 0 Å². The van der Waals surface area contributed by atoms with Crippen LogP contribution in [0.1, 0.15) is 0 Å². The van der Waals surface area contributed by atoms with E-state index < -0.39 is 20.7 Å². The van der Waals surface area contributed by atoms with E-state index in [1.54, 1.807) is 0 Å². The fraction of sp³-hybridized carbons (Fsp3) is 0.111. The summed E-state index contributed by atoms with van der Waals surface area (Å²) in [5.41, 5.74) is 5.52. The smallest absolute Gasteiger partial charge is 0.244 e. The average molecular weight is 228 g/mol. The summed E-state index contributed by atoms with van der Waals surface area (Å²) in [4.78, 5) is -0.502. The van der Waals surface area contributed by atoms with Gasteiger partial charge in [0, 0.05) is 5.69 Å². The standard InChI is InChI=1S/C9H9FN2O2S/c1-2-5-12-15(13,14)9-6-7(11)3-4-8(9)10/h1,3-4,6,12H,5,11H2. The molecule has 0 aliphatic heterocycles. The summed E-state index contributed by atoms with van der Waals surface area (Å²) in [6.07, 6.45) is 4.89. The predicted octanol–water partition coefficient (Wildman–Crippen LogP) is 0.319. The first-order valence-electron chi connectivity index (χ1n) is 3.95. The molecule has 0 heterocycles. The van der Waals surface area contributed by atoms with Crippen molar-refractivity contribution >= 4 is 15.7 Å². The van der Waals surface area contributed by atoms with Crippen LogP contribution < -0.4 is 10.5 Å². The zero-order chi connectivity index (χ0) is 11.5. The molecule has 0 aliphatic carbocycles. The van der Waals surface area contributed by atoms with Gasteiger partial charge in [0.05, 0.1) is 6.54 Å². The van der Waals surface area contributed by atoms with Gasteiger partial charge in [-0.25, -0.2) is 12.8 Å². The summed E-state index contributed by atoms with van der Waals surface area (Å²) in [7, 11) is -3.92. The van der Waals surface area contributed by atoms with E-state index in [9.17, 15) is 12.8 Å². The van der Waals surface area contributed by atoms with Crippen molar-refractivity contribution in [3.05, 3.63) is 24.0 Å². The molecular formula is C9H9FN2O2S. The number of hydrogen-bond acceptors (Lipinski definition) is 3. The van der Waals surface area contributed by atoms with Crippen LogP contribution in [0, 0.1) is 18.2 Å². The zero-order valence-electron chi connectivity index (χ0n) is 7.70. The van der Waals surface area contributed by atoms with Crippen molar-refractivity contribution in [3.8, 4) is 12.3 Å². The minimum atomic E-state index is -3.92. The molecule has 6 heteroatoms. The maximum absolute atomic E-state index is 13.2. The molecule has 15 heavy (non-hydrogen) atoms. The highest BCUT2D eigenvalue weighted by molar-refractivity contribution is 7.89. The predicted molar refractivity (Wildman–Crippen MR) is 54.8 cm³/mol. The number of rotatable bonds is 3. The van der Waals surface area contributed by atoms with Crippen LogP contribution in [0.2, 0.25) is 0 Å². The van der Waals surface area contributed by atoms with E-state index >= 15 is 0 Å². The number of nitrogen functional groups attached to an aromatic ring is 1. The van der Waals surface area contributed by atoms with Crippen molar-refractivity contribution in [3.63, 3.8) is 0 Å². The number of nitrogens with two attached hydrogens (primary N) is 1. The zero-order valence-corrected chi connectivity index (χ0v) is 8.51. The first-order chi connectivity index (χ1) is 6.97. The van der Waals surface area contributed by atoms with Crippen molar-refractivity contribution in [2.75, 3.05) is 12.3 Å². The molecule has 0 saturated heterocycles. The Morgan fingerprint density at radius 2 is 2.20 bits per heavy atom. The first-order valence-corrected chi connectivity index (χ1v) is 5.44. The molecular weight excluding hydrogens is 219 g/mol. The van der Waals surface area contributed by atoms with E-state index in [-0.39, 0.29) is 12.2 Å². The minimum Gasteiger partial charge on any atom is -0.399 e. The second-order valence-corrected chi connectivity index (χ2v) is 4.45. The number of nitrogens with one attached hydrogen (secondary N) is 1. The van der Waals surface area contributed by atoms with Gasteiger partial charge in [-0.05, 0) is 18.2 Å². The second kappa shape index (κ2) is 4.29. The molecule has 0 spiro atoms. The Balaban J connectivity index is 3.16. The number of halogens is 1. The van der Waals surface area contributed by atoms with Gasteiger partial charge in [-0.15, -0.1) is 6.42 Å². The van der Waals surface area contributed by atoms with Crippen molar-refractivity contribution in [2.45, 2.75) is 4.90 Å². The summed E-state index contributed by atoms with van der Waals surface area (Å²) >= 11 is 0. The summed E-state index contributed by atoms with van der Waals surface area (Å²) in [5.74, 6) is 1.22. The molecule has 1 rings (SSSR count). The van der Waals surface area contributed by atoms with Crippen LogP contribution >= 0.6 is 0 Å². The van der Waals surface area contributed by atoms with Gasteiger partial charge in [-0.2, -0.15) is 4.72 Å². The molecule has 4 nitrogen and oxygen atoms in total. The molecule has 1 aromatic rings. The van der Waals surface area contributed by atoms with Gasteiger partial charge in [0.1, 0.15) is 10.7 Å². The summed E-state index contributed by atoms with van der Waals surface area (Å²) in [6, 6.07) is 3.30. The fourth-order valence-corrected chi connectivity index (χ4v) is 1.99. The van der Waals surface area contributed by atoms with Gasteiger partial charge in [-0.3, -0.25) is 0 Å². The normalized spacial score (nSPS) is 10.9. The lowest BCUT2D eigenvalue weighted by Crippen LogP contribution is -2.25. The van der Waals surface area contributed by atoms with Gasteiger partial charge in [0.15, 0.2) is 0 Å². The molecule has 3 N–H and O–H groups in total. The average Bonchev–Trinajstić information content (AvgIpc) is 2.18. The third-order valence-corrected chi connectivity index (χ3v) is 3.03. The van der Waals surface area contributed by atoms with Gasteiger partial charge in [0.2, 0.25) is 10.0 Å². The molecule has 0 radical (unpaired) electrons. The number of anilines is 1. The molecule has 0 atom stereocenters. The second-order valence-electron chi connectivity index (χ2n) is 2.72. The molecule has 80 valence electrons. The maximum atomic E-state index is 13.2. The maximum Gasteiger partial charge on any atom is 0.244 e. The van der Waals surface area contributed by atoms with E-state index in [0.29, 0.717) is 0 Å². The number of terminal acetylenes is 1. The van der Waals surface area contributed by atoms with Crippen LogP contribution in [0.5, 0.6) is 0 Å². The highest BCUT2D eigenvalue weighted by Crippen LogP contribution is 2.16. The van der Waals surface area contributed by atoms with Gasteiger partial charge < -0.3 is 5.73 Å². The van der Waals surface area contributed by atoms with Crippen molar-refractivity contribution < 1.29 is 12.8 Å². The summed E-state index contributed by atoms with van der Waals surface area (Å²) in [6.45, 7) is -0.198. The number of sulfonamides is 1. The lowest BCUT2D eigenvalue weighted by Gasteiger charge is -2.05. The van der Waals surface area contributed by atoms with Gasteiger partial charge in [-0.1, -0.05) is 5.92 Å². The largest absolute Gasteiger partial charge is 0.399 e. The minimum absolute atomic E-state index is 0.164. The van der Waals surface area contributed by atoms with Crippen LogP contribution in [-0.4, -0.2) is 15.0 Å². The Bertz CT molecular complexity index is 505. The Labute approximate surface area is 87.3 Å². The molecule has 0 amide bonds. The fourth-order valence-electron chi connectivity index (χ4n) is 0.940. The quantitative estimate of drug-likeness (QED) is 0.578. The van der Waals surface area contributed by atoms with Crippen molar-refractivity contribution in [1.82, 2.24) is 4.72 Å².